The number of rotatable bonds is 2. The number of ether oxygens (including phenoxy) is 1. The minimum Gasteiger partial charge on any atom is -0.378 e. The van der Waals surface area contributed by atoms with Crippen molar-refractivity contribution < 1.29 is 9.53 Å². The van der Waals surface area contributed by atoms with Crippen molar-refractivity contribution in [1.29, 1.82) is 0 Å². The highest BCUT2D eigenvalue weighted by Gasteiger charge is 2.22. The maximum absolute atomic E-state index is 13.3. The van der Waals surface area contributed by atoms with E-state index in [0.29, 0.717) is 31.9 Å². The second-order valence-electron chi connectivity index (χ2n) is 8.45. The molecule has 2 heterocycles. The van der Waals surface area contributed by atoms with Gasteiger partial charge in [0.05, 0.1) is 30.0 Å². The Hall–Kier alpha value is -2.24. The van der Waals surface area contributed by atoms with Gasteiger partial charge in [0.25, 0.3) is 5.91 Å². The van der Waals surface area contributed by atoms with Gasteiger partial charge in [0, 0.05) is 28.5 Å². The van der Waals surface area contributed by atoms with Crippen LogP contribution in [0.5, 0.6) is 0 Å². The summed E-state index contributed by atoms with van der Waals surface area (Å²) in [5, 5.41) is 0.867. The van der Waals surface area contributed by atoms with Gasteiger partial charge in [-0.2, -0.15) is 0 Å². The van der Waals surface area contributed by atoms with E-state index >= 15 is 0 Å². The van der Waals surface area contributed by atoms with Crippen LogP contribution in [-0.4, -0.2) is 42.1 Å². The van der Waals surface area contributed by atoms with Crippen LogP contribution >= 0.6 is 15.9 Å². The predicted octanol–water partition coefficient (Wildman–Crippen LogP) is 5.43. The molecular formula is C24H25BrN2O2. The number of morpholine rings is 1. The van der Waals surface area contributed by atoms with Gasteiger partial charge in [-0.25, -0.2) is 4.98 Å². The van der Waals surface area contributed by atoms with Crippen molar-refractivity contribution in [3.05, 3.63) is 64.1 Å². The molecule has 5 heteroatoms. The third kappa shape index (κ3) is 4.21. The zero-order valence-corrected chi connectivity index (χ0v) is 18.6. The van der Waals surface area contributed by atoms with E-state index in [9.17, 15) is 4.79 Å². The summed E-state index contributed by atoms with van der Waals surface area (Å²) in [7, 11) is 0. The molecule has 2 aromatic carbocycles. The van der Waals surface area contributed by atoms with Gasteiger partial charge >= 0.3 is 0 Å². The van der Waals surface area contributed by atoms with Gasteiger partial charge < -0.3 is 9.64 Å². The molecule has 0 atom stereocenters. The van der Waals surface area contributed by atoms with Crippen molar-refractivity contribution in [1.82, 2.24) is 9.88 Å². The second kappa shape index (κ2) is 7.88. The average molecular weight is 453 g/mol. The topological polar surface area (TPSA) is 42.4 Å². The summed E-state index contributed by atoms with van der Waals surface area (Å²) < 4.78 is 6.35. The first kappa shape index (κ1) is 20.0. The number of hydrogen-bond donors (Lipinski definition) is 0. The predicted molar refractivity (Wildman–Crippen MR) is 120 cm³/mol. The van der Waals surface area contributed by atoms with Gasteiger partial charge in [-0.05, 0) is 35.2 Å². The number of fused-ring (bicyclic) bond motifs is 1. The van der Waals surface area contributed by atoms with Crippen molar-refractivity contribution in [2.75, 3.05) is 26.3 Å². The Morgan fingerprint density at radius 2 is 1.72 bits per heavy atom. The molecule has 29 heavy (non-hydrogen) atoms. The second-order valence-corrected chi connectivity index (χ2v) is 9.36. The molecule has 0 bridgehead atoms. The molecule has 1 fully saturated rings. The van der Waals surface area contributed by atoms with Gasteiger partial charge in [0.15, 0.2) is 0 Å². The summed E-state index contributed by atoms with van der Waals surface area (Å²) in [6.45, 7) is 9.01. The SMILES string of the molecule is CC(C)(C)c1ccc(-c2cc(C(=O)N3CCOCC3)c3cc(Br)ccc3n2)cc1. The maximum atomic E-state index is 13.3. The van der Waals surface area contributed by atoms with Crippen molar-refractivity contribution in [2.45, 2.75) is 26.2 Å². The molecule has 0 spiro atoms. The number of carbonyl (C=O) groups excluding carboxylic acids is 1. The van der Waals surface area contributed by atoms with Crippen molar-refractivity contribution in [3.8, 4) is 11.3 Å². The standard InChI is InChI=1S/C24H25BrN2O2/c1-24(2,3)17-6-4-16(5-7-17)22-15-20(23(28)27-10-12-29-13-11-27)19-14-18(25)8-9-21(19)26-22/h4-9,14-15H,10-13H2,1-3H3. The first-order valence-electron chi connectivity index (χ1n) is 9.91. The molecule has 3 aromatic rings. The normalized spacial score (nSPS) is 15.0. The van der Waals surface area contributed by atoms with Crippen LogP contribution in [0.1, 0.15) is 36.7 Å². The number of pyridine rings is 1. The van der Waals surface area contributed by atoms with E-state index < -0.39 is 0 Å². The van der Waals surface area contributed by atoms with E-state index in [1.165, 1.54) is 5.56 Å². The smallest absolute Gasteiger partial charge is 0.254 e. The third-order valence-corrected chi connectivity index (χ3v) is 5.84. The molecular weight excluding hydrogens is 428 g/mol. The van der Waals surface area contributed by atoms with Crippen molar-refractivity contribution >= 4 is 32.7 Å². The zero-order valence-electron chi connectivity index (χ0n) is 17.0. The van der Waals surface area contributed by atoms with Crippen LogP contribution in [0, 0.1) is 0 Å². The number of halogens is 1. The lowest BCUT2D eigenvalue weighted by atomic mass is 9.86. The minimum absolute atomic E-state index is 0.0337. The fourth-order valence-electron chi connectivity index (χ4n) is 3.60. The van der Waals surface area contributed by atoms with Crippen molar-refractivity contribution in [3.63, 3.8) is 0 Å². The highest BCUT2D eigenvalue weighted by molar-refractivity contribution is 9.10. The fourth-order valence-corrected chi connectivity index (χ4v) is 3.96. The van der Waals surface area contributed by atoms with E-state index in [0.717, 1.165) is 26.6 Å². The summed E-state index contributed by atoms with van der Waals surface area (Å²) in [6.07, 6.45) is 0. The molecule has 1 aliphatic heterocycles. The first-order valence-corrected chi connectivity index (χ1v) is 10.7. The number of carbonyl (C=O) groups is 1. The summed E-state index contributed by atoms with van der Waals surface area (Å²) in [4.78, 5) is 20.0. The van der Waals surface area contributed by atoms with Crippen LogP contribution in [0.4, 0.5) is 0 Å². The summed E-state index contributed by atoms with van der Waals surface area (Å²) in [5.41, 5.74) is 4.71. The lowest BCUT2D eigenvalue weighted by molar-refractivity contribution is 0.0304. The lowest BCUT2D eigenvalue weighted by Gasteiger charge is -2.27. The Balaban J connectivity index is 1.81. The van der Waals surface area contributed by atoms with E-state index in [1.807, 2.05) is 29.2 Å². The maximum Gasteiger partial charge on any atom is 0.254 e. The Morgan fingerprint density at radius 3 is 2.38 bits per heavy atom. The molecule has 150 valence electrons. The number of aromatic nitrogens is 1. The summed E-state index contributed by atoms with van der Waals surface area (Å²) in [5.74, 6) is 0.0337. The lowest BCUT2D eigenvalue weighted by Crippen LogP contribution is -2.40. The largest absolute Gasteiger partial charge is 0.378 e. The van der Waals surface area contributed by atoms with Gasteiger partial charge in [0.1, 0.15) is 0 Å². The van der Waals surface area contributed by atoms with E-state index in [1.54, 1.807) is 0 Å². The van der Waals surface area contributed by atoms with Crippen LogP contribution < -0.4 is 0 Å². The van der Waals surface area contributed by atoms with Gasteiger partial charge in [0.2, 0.25) is 0 Å². The summed E-state index contributed by atoms with van der Waals surface area (Å²) in [6, 6.07) is 16.3. The highest BCUT2D eigenvalue weighted by atomic mass is 79.9. The highest BCUT2D eigenvalue weighted by Crippen LogP contribution is 2.30. The monoisotopic (exact) mass is 452 g/mol. The molecule has 0 aliphatic carbocycles. The van der Waals surface area contributed by atoms with Gasteiger partial charge in [-0.15, -0.1) is 0 Å². The minimum atomic E-state index is 0.0337. The molecule has 1 saturated heterocycles. The van der Waals surface area contributed by atoms with Crippen LogP contribution in [0.25, 0.3) is 22.2 Å². The molecule has 1 aliphatic rings. The Bertz CT molecular complexity index is 1050. The first-order chi connectivity index (χ1) is 13.8. The van der Waals surface area contributed by atoms with Gasteiger partial charge in [-0.1, -0.05) is 61.0 Å². The molecule has 4 nitrogen and oxygen atoms in total. The third-order valence-electron chi connectivity index (χ3n) is 5.35. The molecule has 1 amide bonds. The zero-order chi connectivity index (χ0) is 20.6. The Kier molecular flexibility index (Phi) is 5.45. The van der Waals surface area contributed by atoms with E-state index in [-0.39, 0.29) is 11.3 Å². The van der Waals surface area contributed by atoms with E-state index in [2.05, 4.69) is 61.0 Å². The van der Waals surface area contributed by atoms with Gasteiger partial charge in [-0.3, -0.25) is 4.79 Å². The quantitative estimate of drug-likeness (QED) is 0.520. The van der Waals surface area contributed by atoms with E-state index in [4.69, 9.17) is 9.72 Å². The molecule has 4 rings (SSSR count). The molecule has 0 unspecified atom stereocenters. The number of hydrogen-bond acceptors (Lipinski definition) is 3. The number of amides is 1. The fraction of sp³-hybridized carbons (Fsp3) is 0.333. The molecule has 0 N–H and O–H groups in total. The number of benzene rings is 2. The van der Waals surface area contributed by atoms with Crippen LogP contribution in [-0.2, 0) is 10.2 Å². The molecule has 0 radical (unpaired) electrons. The van der Waals surface area contributed by atoms with Crippen LogP contribution in [0.3, 0.4) is 0 Å². The summed E-state index contributed by atoms with van der Waals surface area (Å²) >= 11 is 3.53. The Labute approximate surface area is 180 Å². The average Bonchev–Trinajstić information content (AvgIpc) is 2.72. The van der Waals surface area contributed by atoms with Crippen LogP contribution in [0.15, 0.2) is 53.0 Å². The number of nitrogens with zero attached hydrogens (tertiary/aromatic N) is 2. The van der Waals surface area contributed by atoms with Crippen molar-refractivity contribution in [2.24, 2.45) is 0 Å². The Morgan fingerprint density at radius 1 is 1.03 bits per heavy atom. The molecule has 1 aromatic heterocycles. The molecule has 0 saturated carbocycles. The van der Waals surface area contributed by atoms with Crippen LogP contribution in [0.2, 0.25) is 0 Å².